The van der Waals surface area contributed by atoms with Crippen LogP contribution in [-0.2, 0) is 14.6 Å². The minimum atomic E-state index is -3.08. The highest BCUT2D eigenvalue weighted by molar-refractivity contribution is 7.92. The summed E-state index contributed by atoms with van der Waals surface area (Å²) in [6.45, 7) is 4.02. The van der Waals surface area contributed by atoms with Crippen molar-refractivity contribution in [1.82, 2.24) is 4.90 Å². The Balaban J connectivity index is 1.98. The zero-order valence-corrected chi connectivity index (χ0v) is 12.6. The number of amides is 1. The summed E-state index contributed by atoms with van der Waals surface area (Å²) < 4.78 is 23.0. The summed E-state index contributed by atoms with van der Waals surface area (Å²) in [5.74, 6) is 0.405. The third-order valence-electron chi connectivity index (χ3n) is 4.55. The van der Waals surface area contributed by atoms with Crippen LogP contribution in [-0.4, -0.2) is 48.9 Å². The lowest BCUT2D eigenvalue weighted by atomic mass is 9.99. The van der Waals surface area contributed by atoms with E-state index in [1.165, 1.54) is 0 Å². The molecule has 1 aliphatic heterocycles. The summed E-state index contributed by atoms with van der Waals surface area (Å²) in [5, 5.41) is 0. The van der Waals surface area contributed by atoms with Gasteiger partial charge in [-0.05, 0) is 32.6 Å². The normalized spacial score (nSPS) is 33.3. The largest absolute Gasteiger partial charge is 0.340 e. The lowest BCUT2D eigenvalue weighted by molar-refractivity contribution is -0.132. The summed E-state index contributed by atoms with van der Waals surface area (Å²) in [5.41, 5.74) is 5.99. The lowest BCUT2D eigenvalue weighted by Crippen LogP contribution is -2.55. The average molecular weight is 288 g/mol. The van der Waals surface area contributed by atoms with E-state index in [0.717, 1.165) is 19.3 Å². The first-order valence-corrected chi connectivity index (χ1v) is 8.64. The van der Waals surface area contributed by atoms with Gasteiger partial charge in [0, 0.05) is 25.6 Å². The molecule has 5 nitrogen and oxygen atoms in total. The van der Waals surface area contributed by atoms with E-state index in [2.05, 4.69) is 0 Å². The number of sulfone groups is 1. The Morgan fingerprint density at radius 2 is 2.05 bits per heavy atom. The fraction of sp³-hybridized carbons (Fsp3) is 0.923. The van der Waals surface area contributed by atoms with Gasteiger partial charge in [0.05, 0.1) is 10.5 Å². The maximum atomic E-state index is 12.3. The zero-order valence-electron chi connectivity index (χ0n) is 11.8. The predicted molar refractivity (Wildman–Crippen MR) is 74.4 cm³/mol. The van der Waals surface area contributed by atoms with Gasteiger partial charge >= 0.3 is 0 Å². The molecule has 110 valence electrons. The molecule has 0 radical (unpaired) electrons. The van der Waals surface area contributed by atoms with Crippen molar-refractivity contribution in [2.45, 2.75) is 50.3 Å². The van der Waals surface area contributed by atoms with E-state index in [4.69, 9.17) is 5.73 Å². The van der Waals surface area contributed by atoms with Crippen LogP contribution in [0.1, 0.15) is 39.5 Å². The maximum absolute atomic E-state index is 12.3. The van der Waals surface area contributed by atoms with Crippen molar-refractivity contribution in [3.05, 3.63) is 0 Å². The molecule has 0 aromatic rings. The number of nitrogens with two attached hydrogens (primary N) is 1. The van der Waals surface area contributed by atoms with Gasteiger partial charge in [0.25, 0.3) is 0 Å². The van der Waals surface area contributed by atoms with E-state index in [1.807, 2.05) is 0 Å². The minimum absolute atomic E-state index is 0.0605. The second-order valence-corrected chi connectivity index (χ2v) is 9.20. The molecule has 6 heteroatoms. The van der Waals surface area contributed by atoms with Crippen LogP contribution in [0.5, 0.6) is 0 Å². The topological polar surface area (TPSA) is 80.5 Å². The van der Waals surface area contributed by atoms with E-state index in [9.17, 15) is 13.2 Å². The Morgan fingerprint density at radius 3 is 2.58 bits per heavy atom. The summed E-state index contributed by atoms with van der Waals surface area (Å²) in [7, 11) is -3.08. The van der Waals surface area contributed by atoms with Crippen molar-refractivity contribution in [2.24, 2.45) is 11.7 Å². The first kappa shape index (κ1) is 14.8. The number of nitrogens with zero attached hydrogens (tertiary/aromatic N) is 1. The van der Waals surface area contributed by atoms with E-state index in [-0.39, 0.29) is 23.6 Å². The molecule has 1 amide bonds. The first-order valence-electron chi connectivity index (χ1n) is 6.98. The standard InChI is InChI=1S/C13H24N2O3S/c1-13(2)9-15(6-7-19(13,17)18)12(16)8-10-4-3-5-11(10)14/h10-11H,3-9,14H2,1-2H3/t10-,11+/m0/s1. The molecular weight excluding hydrogens is 264 g/mol. The Kier molecular flexibility index (Phi) is 3.93. The molecule has 0 aromatic heterocycles. The molecule has 19 heavy (non-hydrogen) atoms. The highest BCUT2D eigenvalue weighted by Gasteiger charge is 2.42. The first-order chi connectivity index (χ1) is 8.73. The SMILES string of the molecule is CC1(C)CN(C(=O)C[C@@H]2CCC[C@H]2N)CCS1(=O)=O. The summed E-state index contributed by atoms with van der Waals surface area (Å²) >= 11 is 0. The van der Waals surface area contributed by atoms with E-state index >= 15 is 0 Å². The number of rotatable bonds is 2. The number of hydrogen-bond acceptors (Lipinski definition) is 4. The van der Waals surface area contributed by atoms with Crippen molar-refractivity contribution in [3.8, 4) is 0 Å². The second kappa shape index (κ2) is 5.05. The third kappa shape index (κ3) is 2.94. The van der Waals surface area contributed by atoms with Gasteiger partial charge in [-0.3, -0.25) is 4.79 Å². The van der Waals surface area contributed by atoms with Gasteiger partial charge < -0.3 is 10.6 Å². The minimum Gasteiger partial charge on any atom is -0.340 e. The molecule has 2 N–H and O–H groups in total. The molecule has 2 atom stereocenters. The molecule has 1 aliphatic carbocycles. The lowest BCUT2D eigenvalue weighted by Gasteiger charge is -2.38. The van der Waals surface area contributed by atoms with Crippen molar-refractivity contribution in [3.63, 3.8) is 0 Å². The van der Waals surface area contributed by atoms with Crippen molar-refractivity contribution in [1.29, 1.82) is 0 Å². The molecule has 1 heterocycles. The molecule has 2 rings (SSSR count). The molecule has 0 aromatic carbocycles. The van der Waals surface area contributed by atoms with Crippen LogP contribution in [0.3, 0.4) is 0 Å². The predicted octanol–water partition coefficient (Wildman–Crippen LogP) is 0.540. The van der Waals surface area contributed by atoms with Gasteiger partial charge in [-0.1, -0.05) is 6.42 Å². The van der Waals surface area contributed by atoms with Crippen LogP contribution in [0.25, 0.3) is 0 Å². The fourth-order valence-corrected chi connectivity index (χ4v) is 4.39. The van der Waals surface area contributed by atoms with Crippen LogP contribution >= 0.6 is 0 Å². The van der Waals surface area contributed by atoms with Crippen LogP contribution in [0.15, 0.2) is 0 Å². The Labute approximate surface area is 115 Å². The molecular formula is C13H24N2O3S. The molecule has 1 saturated heterocycles. The van der Waals surface area contributed by atoms with Crippen molar-refractivity contribution < 1.29 is 13.2 Å². The number of carbonyl (C=O) groups is 1. The van der Waals surface area contributed by atoms with Crippen LogP contribution in [0.2, 0.25) is 0 Å². The van der Waals surface area contributed by atoms with Gasteiger partial charge in [0.2, 0.25) is 5.91 Å². The van der Waals surface area contributed by atoms with Gasteiger partial charge in [0.1, 0.15) is 0 Å². The third-order valence-corrected chi connectivity index (χ3v) is 7.08. The summed E-state index contributed by atoms with van der Waals surface area (Å²) in [4.78, 5) is 14.0. The van der Waals surface area contributed by atoms with E-state index in [1.54, 1.807) is 18.7 Å². The summed E-state index contributed by atoms with van der Waals surface area (Å²) in [6, 6.07) is 0.130. The smallest absolute Gasteiger partial charge is 0.222 e. The molecule has 0 spiro atoms. The highest BCUT2D eigenvalue weighted by Crippen LogP contribution is 2.29. The Morgan fingerprint density at radius 1 is 1.37 bits per heavy atom. The van der Waals surface area contributed by atoms with E-state index < -0.39 is 14.6 Å². The number of carbonyl (C=O) groups excluding carboxylic acids is 1. The monoisotopic (exact) mass is 288 g/mol. The van der Waals surface area contributed by atoms with E-state index in [0.29, 0.717) is 19.5 Å². The van der Waals surface area contributed by atoms with Crippen LogP contribution < -0.4 is 5.73 Å². The Hall–Kier alpha value is -0.620. The fourth-order valence-electron chi connectivity index (χ4n) is 3.03. The van der Waals surface area contributed by atoms with Crippen molar-refractivity contribution >= 4 is 15.7 Å². The molecule has 0 unspecified atom stereocenters. The maximum Gasteiger partial charge on any atom is 0.222 e. The molecule has 2 fully saturated rings. The van der Waals surface area contributed by atoms with Gasteiger partial charge in [-0.15, -0.1) is 0 Å². The molecule has 2 aliphatic rings. The number of hydrogen-bond donors (Lipinski definition) is 1. The van der Waals surface area contributed by atoms with Gasteiger partial charge in [-0.2, -0.15) is 0 Å². The average Bonchev–Trinajstić information content (AvgIpc) is 2.68. The molecule has 0 bridgehead atoms. The van der Waals surface area contributed by atoms with Crippen LogP contribution in [0.4, 0.5) is 0 Å². The van der Waals surface area contributed by atoms with Crippen molar-refractivity contribution in [2.75, 3.05) is 18.8 Å². The Bertz CT molecular complexity index is 459. The zero-order chi connectivity index (χ0) is 14.3. The molecule has 1 saturated carbocycles. The van der Waals surface area contributed by atoms with Crippen LogP contribution in [0, 0.1) is 5.92 Å². The summed E-state index contributed by atoms with van der Waals surface area (Å²) in [6.07, 6.45) is 3.58. The highest BCUT2D eigenvalue weighted by atomic mass is 32.2. The quantitative estimate of drug-likeness (QED) is 0.804. The van der Waals surface area contributed by atoms with Gasteiger partial charge in [-0.25, -0.2) is 8.42 Å². The second-order valence-electron chi connectivity index (χ2n) is 6.45. The van der Waals surface area contributed by atoms with Gasteiger partial charge in [0.15, 0.2) is 9.84 Å².